The molecule has 0 aliphatic rings. The van der Waals surface area contributed by atoms with Crippen LogP contribution in [0.25, 0.3) is 0 Å². The van der Waals surface area contributed by atoms with Crippen LogP contribution in [0.5, 0.6) is 0 Å². The van der Waals surface area contributed by atoms with Gasteiger partial charge in [-0.3, -0.25) is 9.78 Å². The van der Waals surface area contributed by atoms with E-state index >= 15 is 0 Å². The molecule has 0 amide bonds. The number of halogens is 1. The normalized spacial score (nSPS) is 12.5. The Balaban J connectivity index is 2.81. The third-order valence-electron chi connectivity index (χ3n) is 2.18. The number of aromatic nitrogens is 1. The van der Waals surface area contributed by atoms with Crippen LogP contribution in [0, 0.1) is 6.92 Å². The van der Waals surface area contributed by atoms with E-state index in [0.29, 0.717) is 11.4 Å². The number of nitrogens with zero attached hydrogens (tertiary/aromatic N) is 1. The van der Waals surface area contributed by atoms with Crippen LogP contribution < -0.4 is 5.73 Å². The third-order valence-corrected chi connectivity index (χ3v) is 2.48. The molecule has 0 saturated heterocycles. The fraction of sp³-hybridized carbons (Fsp3) is 0.400. The number of hydrogen-bond donors (Lipinski definition) is 2. The monoisotopic (exact) mass is 228 g/mol. The molecule has 1 unspecified atom stereocenters. The summed E-state index contributed by atoms with van der Waals surface area (Å²) in [5.74, 6) is -0.853. The van der Waals surface area contributed by atoms with Crippen molar-refractivity contribution >= 4 is 17.6 Å². The second-order valence-corrected chi connectivity index (χ2v) is 3.80. The zero-order valence-corrected chi connectivity index (χ0v) is 9.16. The maximum Gasteiger partial charge on any atom is 0.303 e. The Morgan fingerprint density at radius 1 is 1.67 bits per heavy atom. The molecule has 0 spiro atoms. The molecular formula is C10H13ClN2O2. The van der Waals surface area contributed by atoms with Gasteiger partial charge in [0.1, 0.15) is 0 Å². The average Bonchev–Trinajstić information content (AvgIpc) is 2.14. The van der Waals surface area contributed by atoms with E-state index in [1.807, 2.05) is 6.92 Å². The Hall–Kier alpha value is -1.13. The lowest BCUT2D eigenvalue weighted by atomic mass is 10.00. The summed E-state index contributed by atoms with van der Waals surface area (Å²) in [6.45, 7) is 1.86. The quantitative estimate of drug-likeness (QED) is 0.825. The number of aryl methyl sites for hydroxylation is 1. The number of rotatable bonds is 4. The first kappa shape index (κ1) is 11.9. The SMILES string of the molecule is Cc1cncc(Cl)c1C(N)CCC(=O)O. The molecule has 15 heavy (non-hydrogen) atoms. The summed E-state index contributed by atoms with van der Waals surface area (Å²) in [6.07, 6.45) is 3.60. The van der Waals surface area contributed by atoms with Crippen molar-refractivity contribution < 1.29 is 9.90 Å². The third kappa shape index (κ3) is 3.18. The maximum absolute atomic E-state index is 10.4. The summed E-state index contributed by atoms with van der Waals surface area (Å²) < 4.78 is 0. The Kier molecular flexibility index (Phi) is 4.05. The maximum atomic E-state index is 10.4. The predicted molar refractivity (Wildman–Crippen MR) is 57.8 cm³/mol. The smallest absolute Gasteiger partial charge is 0.303 e. The molecule has 82 valence electrons. The van der Waals surface area contributed by atoms with Gasteiger partial charge in [-0.25, -0.2) is 0 Å². The zero-order valence-electron chi connectivity index (χ0n) is 8.40. The van der Waals surface area contributed by atoms with E-state index in [1.165, 1.54) is 6.20 Å². The fourth-order valence-electron chi connectivity index (χ4n) is 1.43. The summed E-state index contributed by atoms with van der Waals surface area (Å²) in [5, 5.41) is 9.04. The molecule has 0 bridgehead atoms. The summed E-state index contributed by atoms with van der Waals surface area (Å²) in [4.78, 5) is 14.3. The van der Waals surface area contributed by atoms with Crippen molar-refractivity contribution in [2.75, 3.05) is 0 Å². The minimum atomic E-state index is -0.853. The van der Waals surface area contributed by atoms with E-state index in [0.717, 1.165) is 11.1 Å². The topological polar surface area (TPSA) is 76.2 Å². The minimum Gasteiger partial charge on any atom is -0.481 e. The molecule has 0 aromatic carbocycles. The number of carbonyl (C=O) groups is 1. The average molecular weight is 229 g/mol. The number of carboxylic acids is 1. The minimum absolute atomic E-state index is 0.0409. The predicted octanol–water partition coefficient (Wildman–Crippen LogP) is 1.91. The highest BCUT2D eigenvalue weighted by Gasteiger charge is 2.14. The van der Waals surface area contributed by atoms with Gasteiger partial charge in [0, 0.05) is 24.9 Å². The van der Waals surface area contributed by atoms with Gasteiger partial charge in [0.15, 0.2) is 0 Å². The molecule has 1 aromatic heterocycles. The molecule has 0 fully saturated rings. The summed E-state index contributed by atoms with van der Waals surface area (Å²) >= 11 is 5.95. The van der Waals surface area contributed by atoms with Crippen LogP contribution in [0.1, 0.15) is 30.0 Å². The molecule has 4 nitrogen and oxygen atoms in total. The van der Waals surface area contributed by atoms with E-state index in [9.17, 15) is 4.79 Å². The zero-order chi connectivity index (χ0) is 11.4. The number of hydrogen-bond acceptors (Lipinski definition) is 3. The van der Waals surface area contributed by atoms with Crippen molar-refractivity contribution in [3.63, 3.8) is 0 Å². The lowest BCUT2D eigenvalue weighted by Crippen LogP contribution is -2.14. The van der Waals surface area contributed by atoms with Crippen LogP contribution in [0.15, 0.2) is 12.4 Å². The van der Waals surface area contributed by atoms with Crippen LogP contribution in [-0.4, -0.2) is 16.1 Å². The second-order valence-electron chi connectivity index (χ2n) is 3.39. The molecule has 3 N–H and O–H groups in total. The number of pyridine rings is 1. The fourth-order valence-corrected chi connectivity index (χ4v) is 1.78. The van der Waals surface area contributed by atoms with Crippen molar-refractivity contribution in [1.82, 2.24) is 4.98 Å². The highest BCUT2D eigenvalue weighted by Crippen LogP contribution is 2.26. The van der Waals surface area contributed by atoms with Crippen LogP contribution in [0.3, 0.4) is 0 Å². The standard InChI is InChI=1S/C10H13ClN2O2/c1-6-4-13-5-7(11)10(6)8(12)2-3-9(14)15/h4-5,8H,2-3,12H2,1H3,(H,14,15). The van der Waals surface area contributed by atoms with Gasteiger partial charge < -0.3 is 10.8 Å². The molecule has 0 aliphatic carbocycles. The van der Waals surface area contributed by atoms with E-state index < -0.39 is 5.97 Å². The van der Waals surface area contributed by atoms with E-state index in [-0.39, 0.29) is 12.5 Å². The van der Waals surface area contributed by atoms with Crippen LogP contribution in [0.2, 0.25) is 5.02 Å². The molecule has 0 radical (unpaired) electrons. The first-order valence-electron chi connectivity index (χ1n) is 4.59. The van der Waals surface area contributed by atoms with Gasteiger partial charge in [0.05, 0.1) is 5.02 Å². The Morgan fingerprint density at radius 3 is 2.87 bits per heavy atom. The molecule has 1 aromatic rings. The largest absolute Gasteiger partial charge is 0.481 e. The summed E-state index contributed by atoms with van der Waals surface area (Å²) in [5.41, 5.74) is 7.54. The molecule has 1 atom stereocenters. The summed E-state index contributed by atoms with van der Waals surface area (Å²) in [6, 6.07) is -0.350. The van der Waals surface area contributed by atoms with Gasteiger partial charge in [0.25, 0.3) is 0 Å². The van der Waals surface area contributed by atoms with E-state index in [4.69, 9.17) is 22.4 Å². The van der Waals surface area contributed by atoms with Crippen molar-refractivity contribution in [2.45, 2.75) is 25.8 Å². The Labute approximate surface area is 93.1 Å². The highest BCUT2D eigenvalue weighted by atomic mass is 35.5. The number of nitrogens with two attached hydrogens (primary N) is 1. The van der Waals surface area contributed by atoms with Gasteiger partial charge in [0.2, 0.25) is 0 Å². The first-order valence-corrected chi connectivity index (χ1v) is 4.97. The van der Waals surface area contributed by atoms with E-state index in [2.05, 4.69) is 4.98 Å². The second kappa shape index (κ2) is 5.09. The van der Waals surface area contributed by atoms with E-state index in [1.54, 1.807) is 6.20 Å². The highest BCUT2D eigenvalue weighted by molar-refractivity contribution is 6.31. The van der Waals surface area contributed by atoms with Crippen LogP contribution in [-0.2, 0) is 4.79 Å². The summed E-state index contributed by atoms with van der Waals surface area (Å²) in [7, 11) is 0. The molecule has 0 aliphatic heterocycles. The van der Waals surface area contributed by atoms with Crippen LogP contribution >= 0.6 is 11.6 Å². The van der Waals surface area contributed by atoms with Crippen molar-refractivity contribution in [3.05, 3.63) is 28.5 Å². The van der Waals surface area contributed by atoms with Crippen molar-refractivity contribution in [3.8, 4) is 0 Å². The van der Waals surface area contributed by atoms with Gasteiger partial charge in [-0.05, 0) is 24.5 Å². The van der Waals surface area contributed by atoms with Crippen molar-refractivity contribution in [1.29, 1.82) is 0 Å². The molecular weight excluding hydrogens is 216 g/mol. The molecule has 5 heteroatoms. The first-order chi connectivity index (χ1) is 7.02. The lowest BCUT2D eigenvalue weighted by Gasteiger charge is -2.14. The van der Waals surface area contributed by atoms with Crippen LogP contribution in [0.4, 0.5) is 0 Å². The van der Waals surface area contributed by atoms with Crippen molar-refractivity contribution in [2.24, 2.45) is 5.73 Å². The molecule has 1 heterocycles. The van der Waals surface area contributed by atoms with Gasteiger partial charge >= 0.3 is 5.97 Å². The molecule has 1 rings (SSSR count). The lowest BCUT2D eigenvalue weighted by molar-refractivity contribution is -0.137. The molecule has 0 saturated carbocycles. The van der Waals surface area contributed by atoms with Gasteiger partial charge in [-0.15, -0.1) is 0 Å². The van der Waals surface area contributed by atoms with Gasteiger partial charge in [-0.1, -0.05) is 11.6 Å². The Morgan fingerprint density at radius 2 is 2.33 bits per heavy atom. The van der Waals surface area contributed by atoms with Gasteiger partial charge in [-0.2, -0.15) is 0 Å². The number of aliphatic carboxylic acids is 1. The Bertz CT molecular complexity index is 348. The number of carboxylic acid groups (broad SMARTS) is 1.